The molecule has 0 saturated carbocycles. The van der Waals surface area contributed by atoms with Crippen LogP contribution in [0.2, 0.25) is 0 Å². The van der Waals surface area contributed by atoms with E-state index in [9.17, 15) is 41.8 Å². The Hall–Kier alpha value is -3.22. The molecule has 1 N–H and O–H groups in total. The molecule has 2 rings (SSSR count). The fourth-order valence-electron chi connectivity index (χ4n) is 5.99. The van der Waals surface area contributed by atoms with Crippen LogP contribution in [-0.4, -0.2) is 59.8 Å². The van der Waals surface area contributed by atoms with E-state index in [4.69, 9.17) is 18.9 Å². The highest BCUT2D eigenvalue weighted by molar-refractivity contribution is 5.85. The maximum absolute atomic E-state index is 14.3. The molecule has 0 aromatic heterocycles. The van der Waals surface area contributed by atoms with Crippen LogP contribution in [0.1, 0.15) is 106 Å². The standard InChI is InChI=1S/C35H50F4O9/c1-10-32(8,29(43)48-31(6,7)23-14-12-11-13-15-23)21-33(9,28(42)47-25-16-17-45-26(25)40)20-30(4,5)27(41)46-24(18-22(2)3)19-34(36,44)35(37,38)39/h11-15,22,24-25,44H,10,16-21H2,1-9H3. The molecule has 1 aromatic carbocycles. The molecule has 5 unspecified atom stereocenters. The second-order valence-electron chi connectivity index (χ2n) is 14.9. The first-order valence-corrected chi connectivity index (χ1v) is 16.1. The van der Waals surface area contributed by atoms with Crippen LogP contribution in [0.15, 0.2) is 30.3 Å². The summed E-state index contributed by atoms with van der Waals surface area (Å²) in [6, 6.07) is 9.03. The van der Waals surface area contributed by atoms with Gasteiger partial charge in [-0.15, -0.1) is 0 Å². The van der Waals surface area contributed by atoms with Crippen LogP contribution in [-0.2, 0) is 43.7 Å². The molecule has 272 valence electrons. The Bertz CT molecular complexity index is 1290. The molecule has 1 aromatic rings. The van der Waals surface area contributed by atoms with Crippen LogP contribution in [0.5, 0.6) is 0 Å². The van der Waals surface area contributed by atoms with Crippen molar-refractivity contribution in [1.82, 2.24) is 0 Å². The third kappa shape index (κ3) is 10.4. The zero-order chi connectivity index (χ0) is 36.9. The Kier molecular flexibility index (Phi) is 12.9. The van der Waals surface area contributed by atoms with Crippen molar-refractivity contribution in [3.63, 3.8) is 0 Å². The maximum atomic E-state index is 14.3. The molecule has 9 nitrogen and oxygen atoms in total. The normalized spacial score (nSPS) is 20.1. The van der Waals surface area contributed by atoms with Crippen LogP contribution in [0.3, 0.4) is 0 Å². The van der Waals surface area contributed by atoms with E-state index in [0.29, 0.717) is 0 Å². The van der Waals surface area contributed by atoms with Gasteiger partial charge in [0.25, 0.3) is 0 Å². The first-order chi connectivity index (χ1) is 21.8. The zero-order valence-electron chi connectivity index (χ0n) is 29.3. The number of ether oxygens (including phenoxy) is 4. The molecule has 1 aliphatic rings. The van der Waals surface area contributed by atoms with Gasteiger partial charge in [0.05, 0.1) is 29.3 Å². The quantitative estimate of drug-likeness (QED) is 0.110. The summed E-state index contributed by atoms with van der Waals surface area (Å²) in [5.74, 6) is -8.29. The number of benzene rings is 1. The van der Waals surface area contributed by atoms with Crippen molar-refractivity contribution in [3.8, 4) is 0 Å². The van der Waals surface area contributed by atoms with Crippen molar-refractivity contribution >= 4 is 23.9 Å². The maximum Gasteiger partial charge on any atom is 0.448 e. The van der Waals surface area contributed by atoms with Crippen molar-refractivity contribution in [2.24, 2.45) is 22.2 Å². The molecule has 1 heterocycles. The molecule has 48 heavy (non-hydrogen) atoms. The van der Waals surface area contributed by atoms with E-state index in [0.717, 1.165) is 5.56 Å². The number of aliphatic hydroxyl groups is 1. The van der Waals surface area contributed by atoms with Crippen molar-refractivity contribution in [2.45, 2.75) is 131 Å². The predicted octanol–water partition coefficient (Wildman–Crippen LogP) is 7.12. The van der Waals surface area contributed by atoms with Crippen LogP contribution >= 0.6 is 0 Å². The predicted molar refractivity (Wildman–Crippen MR) is 167 cm³/mol. The lowest BCUT2D eigenvalue weighted by atomic mass is 9.65. The van der Waals surface area contributed by atoms with E-state index in [-0.39, 0.29) is 44.6 Å². The number of hydrogen-bond acceptors (Lipinski definition) is 9. The Morgan fingerprint density at radius 1 is 0.917 bits per heavy atom. The van der Waals surface area contributed by atoms with Crippen LogP contribution in [0, 0.1) is 22.2 Å². The fraction of sp³-hybridized carbons (Fsp3) is 0.714. The third-order valence-corrected chi connectivity index (χ3v) is 8.82. The summed E-state index contributed by atoms with van der Waals surface area (Å²) in [5, 5.41) is 9.50. The Morgan fingerprint density at radius 3 is 1.98 bits per heavy atom. The van der Waals surface area contributed by atoms with Gasteiger partial charge in [-0.3, -0.25) is 14.4 Å². The van der Waals surface area contributed by atoms with Crippen molar-refractivity contribution in [3.05, 3.63) is 35.9 Å². The van der Waals surface area contributed by atoms with Crippen molar-refractivity contribution in [2.75, 3.05) is 6.61 Å². The van der Waals surface area contributed by atoms with E-state index in [1.165, 1.54) is 20.8 Å². The third-order valence-electron chi connectivity index (χ3n) is 8.82. The van der Waals surface area contributed by atoms with E-state index in [1.807, 2.05) is 6.07 Å². The molecular weight excluding hydrogens is 640 g/mol. The summed E-state index contributed by atoms with van der Waals surface area (Å²) in [6.07, 6.45) is -10.5. The van der Waals surface area contributed by atoms with Gasteiger partial charge >= 0.3 is 35.9 Å². The van der Waals surface area contributed by atoms with Gasteiger partial charge in [-0.1, -0.05) is 51.1 Å². The van der Waals surface area contributed by atoms with Crippen LogP contribution in [0.4, 0.5) is 17.6 Å². The Balaban J connectivity index is 2.45. The van der Waals surface area contributed by atoms with E-state index in [2.05, 4.69) is 0 Å². The lowest BCUT2D eigenvalue weighted by Gasteiger charge is -2.41. The van der Waals surface area contributed by atoms with E-state index < -0.39 is 76.4 Å². The Labute approximate surface area is 280 Å². The molecule has 0 amide bonds. The smallest absolute Gasteiger partial charge is 0.448 e. The first-order valence-electron chi connectivity index (χ1n) is 16.1. The lowest BCUT2D eigenvalue weighted by molar-refractivity contribution is -0.323. The average molecular weight is 691 g/mol. The highest BCUT2D eigenvalue weighted by Crippen LogP contribution is 2.47. The molecule has 0 aliphatic carbocycles. The largest absolute Gasteiger partial charge is 0.463 e. The molecule has 0 spiro atoms. The highest BCUT2D eigenvalue weighted by Gasteiger charge is 2.57. The number of halogens is 4. The second kappa shape index (κ2) is 15.1. The summed E-state index contributed by atoms with van der Waals surface area (Å²) < 4.78 is 75.7. The number of carbonyl (C=O) groups excluding carboxylic acids is 4. The number of rotatable bonds is 16. The second-order valence-corrected chi connectivity index (χ2v) is 14.9. The van der Waals surface area contributed by atoms with Gasteiger partial charge < -0.3 is 24.1 Å². The summed E-state index contributed by atoms with van der Waals surface area (Å²) in [5.41, 5.74) is -4.93. The highest BCUT2D eigenvalue weighted by atomic mass is 19.4. The molecular formula is C35H50F4O9. The molecule has 0 radical (unpaired) electrons. The van der Waals surface area contributed by atoms with Gasteiger partial charge in [0.2, 0.25) is 6.10 Å². The number of cyclic esters (lactones) is 1. The summed E-state index contributed by atoms with van der Waals surface area (Å²) in [6.45, 7) is 14.3. The molecule has 1 fully saturated rings. The van der Waals surface area contributed by atoms with Crippen LogP contribution < -0.4 is 0 Å². The SMILES string of the molecule is CCC(C)(CC(C)(CC(C)(C)C(=O)OC(CC(C)C)CC(O)(F)C(F)(F)F)C(=O)OC1CCOC1=O)C(=O)OC(C)(C)c1ccccc1. The van der Waals surface area contributed by atoms with Gasteiger partial charge in [0.1, 0.15) is 11.7 Å². The van der Waals surface area contributed by atoms with Crippen molar-refractivity contribution in [1.29, 1.82) is 0 Å². The molecule has 5 atom stereocenters. The number of esters is 4. The van der Waals surface area contributed by atoms with Gasteiger partial charge in [-0.25, -0.2) is 9.18 Å². The topological polar surface area (TPSA) is 125 Å². The minimum Gasteiger partial charge on any atom is -0.463 e. The van der Waals surface area contributed by atoms with E-state index >= 15 is 0 Å². The Morgan fingerprint density at radius 2 is 1.50 bits per heavy atom. The molecule has 0 bridgehead atoms. The van der Waals surface area contributed by atoms with Gasteiger partial charge in [0, 0.05) is 6.42 Å². The number of alkyl halides is 4. The first kappa shape index (κ1) is 41.0. The van der Waals surface area contributed by atoms with E-state index in [1.54, 1.807) is 65.8 Å². The minimum absolute atomic E-state index is 0.0367. The number of hydrogen-bond donors (Lipinski definition) is 1. The summed E-state index contributed by atoms with van der Waals surface area (Å²) >= 11 is 0. The average Bonchev–Trinajstić information content (AvgIpc) is 3.35. The van der Waals surface area contributed by atoms with Crippen molar-refractivity contribution < 1.29 is 60.8 Å². The lowest BCUT2D eigenvalue weighted by Crippen LogP contribution is -2.47. The number of carbonyl (C=O) groups is 4. The molecule has 1 aliphatic heterocycles. The molecule has 1 saturated heterocycles. The molecule has 13 heteroatoms. The van der Waals surface area contributed by atoms with Gasteiger partial charge in [0.15, 0.2) is 0 Å². The summed E-state index contributed by atoms with van der Waals surface area (Å²) in [4.78, 5) is 53.5. The van der Waals surface area contributed by atoms with Gasteiger partial charge in [-0.2, -0.15) is 13.2 Å². The monoisotopic (exact) mass is 690 g/mol. The fourth-order valence-corrected chi connectivity index (χ4v) is 5.99. The zero-order valence-corrected chi connectivity index (χ0v) is 29.3. The van der Waals surface area contributed by atoms with Crippen LogP contribution in [0.25, 0.3) is 0 Å². The van der Waals surface area contributed by atoms with Gasteiger partial charge in [-0.05, 0) is 78.7 Å². The minimum atomic E-state index is -5.62. The summed E-state index contributed by atoms with van der Waals surface area (Å²) in [7, 11) is 0.